The molecule has 1 fully saturated rings. The summed E-state index contributed by atoms with van der Waals surface area (Å²) < 4.78 is 0. The number of hydrogen-bond donors (Lipinski definition) is 2. The van der Waals surface area contributed by atoms with Gasteiger partial charge in [-0.15, -0.1) is 0 Å². The predicted molar refractivity (Wildman–Crippen MR) is 67.3 cm³/mol. The molecule has 17 heavy (non-hydrogen) atoms. The van der Waals surface area contributed by atoms with Gasteiger partial charge >= 0.3 is 0 Å². The van der Waals surface area contributed by atoms with E-state index in [9.17, 15) is 0 Å². The van der Waals surface area contributed by atoms with Crippen molar-refractivity contribution in [1.29, 1.82) is 0 Å². The first-order valence-electron chi connectivity index (χ1n) is 5.83. The average molecular weight is 233 g/mol. The Balaban J connectivity index is 0.000000128. The second kappa shape index (κ2) is 10.8. The van der Waals surface area contributed by atoms with Gasteiger partial charge in [0.1, 0.15) is 6.33 Å². The Morgan fingerprint density at radius 2 is 1.59 bits per heavy atom. The molecule has 0 aromatic carbocycles. The third-order valence-electron chi connectivity index (χ3n) is 2.09. The lowest BCUT2D eigenvalue weighted by atomic mass is 10.2. The summed E-state index contributed by atoms with van der Waals surface area (Å²) in [5.74, 6) is 0. The van der Waals surface area contributed by atoms with Gasteiger partial charge in [-0.05, 0) is 32.0 Å². The average Bonchev–Trinajstić information content (AvgIpc) is 3.03. The Morgan fingerprint density at radius 3 is 1.76 bits per heavy atom. The van der Waals surface area contributed by atoms with Crippen molar-refractivity contribution in [3.05, 3.63) is 43.5 Å². The summed E-state index contributed by atoms with van der Waals surface area (Å²) in [5.41, 5.74) is 0. The number of piperidine rings is 1. The second-order valence-electron chi connectivity index (χ2n) is 3.48. The van der Waals surface area contributed by atoms with Gasteiger partial charge in [-0.25, -0.2) is 15.0 Å². The molecule has 0 aliphatic carbocycles. The van der Waals surface area contributed by atoms with Crippen LogP contribution in [0.2, 0.25) is 0 Å². The number of hydrogen-bond acceptors (Lipinski definition) is 4. The molecule has 3 heterocycles. The van der Waals surface area contributed by atoms with Gasteiger partial charge in [0.15, 0.2) is 0 Å². The lowest BCUT2D eigenvalue weighted by Gasteiger charge is -2.08. The van der Waals surface area contributed by atoms with Crippen LogP contribution in [0, 0.1) is 0 Å². The van der Waals surface area contributed by atoms with E-state index in [1.54, 1.807) is 37.2 Å². The van der Waals surface area contributed by atoms with Crippen LogP contribution in [0.5, 0.6) is 0 Å². The maximum absolute atomic E-state index is 3.67. The molecule has 0 radical (unpaired) electrons. The van der Waals surface area contributed by atoms with Gasteiger partial charge in [0, 0.05) is 24.8 Å². The Hall–Kier alpha value is -1.75. The number of H-pyrrole nitrogens is 1. The van der Waals surface area contributed by atoms with Crippen LogP contribution in [0.1, 0.15) is 19.3 Å². The molecule has 92 valence electrons. The van der Waals surface area contributed by atoms with E-state index in [1.807, 2.05) is 0 Å². The SMILES string of the molecule is C1CCNCC1.c1c[nH]cn1.c1cncnc1. The van der Waals surface area contributed by atoms with Gasteiger partial charge in [-0.3, -0.25) is 0 Å². The number of imidazole rings is 1. The van der Waals surface area contributed by atoms with Gasteiger partial charge in [-0.1, -0.05) is 6.42 Å². The van der Waals surface area contributed by atoms with Crippen LogP contribution >= 0.6 is 0 Å². The quantitative estimate of drug-likeness (QED) is 0.726. The Labute approximate surface area is 102 Å². The fourth-order valence-corrected chi connectivity index (χ4v) is 1.27. The predicted octanol–water partition coefficient (Wildman–Crippen LogP) is 1.65. The van der Waals surface area contributed by atoms with Crippen molar-refractivity contribution in [3.8, 4) is 0 Å². The molecule has 5 heteroatoms. The zero-order valence-electron chi connectivity index (χ0n) is 9.92. The molecule has 5 nitrogen and oxygen atoms in total. The summed E-state index contributed by atoms with van der Waals surface area (Å²) in [6.45, 7) is 2.50. The van der Waals surface area contributed by atoms with Crippen molar-refractivity contribution in [2.75, 3.05) is 13.1 Å². The normalized spacial score (nSPS) is 13.6. The van der Waals surface area contributed by atoms with Crippen molar-refractivity contribution in [2.45, 2.75) is 19.3 Å². The van der Waals surface area contributed by atoms with Gasteiger partial charge in [0.2, 0.25) is 0 Å². The molecule has 0 bridgehead atoms. The summed E-state index contributed by atoms with van der Waals surface area (Å²) in [4.78, 5) is 13.8. The van der Waals surface area contributed by atoms with Gasteiger partial charge < -0.3 is 10.3 Å². The number of aromatic nitrogens is 4. The van der Waals surface area contributed by atoms with E-state index >= 15 is 0 Å². The first-order chi connectivity index (χ1) is 8.50. The molecule has 0 amide bonds. The number of nitrogens with one attached hydrogen (secondary N) is 2. The highest BCUT2D eigenvalue weighted by molar-refractivity contribution is 4.74. The highest BCUT2D eigenvalue weighted by atomic mass is 14.9. The smallest absolute Gasteiger partial charge is 0.115 e. The van der Waals surface area contributed by atoms with E-state index in [2.05, 4.69) is 25.3 Å². The number of aromatic amines is 1. The molecule has 0 atom stereocenters. The Morgan fingerprint density at radius 1 is 0.824 bits per heavy atom. The Bertz CT molecular complexity index is 262. The molecular formula is C12H19N5. The second-order valence-corrected chi connectivity index (χ2v) is 3.48. The van der Waals surface area contributed by atoms with Gasteiger partial charge in [0.25, 0.3) is 0 Å². The first kappa shape index (κ1) is 13.3. The van der Waals surface area contributed by atoms with Crippen LogP contribution in [-0.2, 0) is 0 Å². The number of rotatable bonds is 0. The minimum Gasteiger partial charge on any atom is -0.351 e. The molecule has 1 aliphatic rings. The molecule has 2 aromatic heterocycles. The van der Waals surface area contributed by atoms with E-state index in [0.717, 1.165) is 0 Å². The molecule has 2 N–H and O–H groups in total. The van der Waals surface area contributed by atoms with E-state index in [4.69, 9.17) is 0 Å². The zero-order valence-corrected chi connectivity index (χ0v) is 9.92. The van der Waals surface area contributed by atoms with Crippen molar-refractivity contribution in [1.82, 2.24) is 25.3 Å². The summed E-state index contributed by atoms with van der Waals surface area (Å²) in [5, 5.41) is 3.28. The monoisotopic (exact) mass is 233 g/mol. The first-order valence-corrected chi connectivity index (χ1v) is 5.83. The molecule has 1 aliphatic heterocycles. The van der Waals surface area contributed by atoms with E-state index in [1.165, 1.54) is 38.7 Å². The maximum atomic E-state index is 3.67. The fourth-order valence-electron chi connectivity index (χ4n) is 1.27. The summed E-state index contributed by atoms with van der Waals surface area (Å²) in [6, 6.07) is 1.78. The molecular weight excluding hydrogens is 214 g/mol. The third-order valence-corrected chi connectivity index (χ3v) is 2.09. The molecule has 0 unspecified atom stereocenters. The maximum Gasteiger partial charge on any atom is 0.115 e. The molecule has 3 rings (SSSR count). The van der Waals surface area contributed by atoms with Crippen LogP contribution < -0.4 is 5.32 Å². The minimum absolute atomic E-state index is 1.25. The third kappa shape index (κ3) is 9.19. The highest BCUT2D eigenvalue weighted by Crippen LogP contribution is 1.96. The van der Waals surface area contributed by atoms with Crippen LogP contribution in [0.25, 0.3) is 0 Å². The Kier molecular flexibility index (Phi) is 8.43. The van der Waals surface area contributed by atoms with E-state index in [0.29, 0.717) is 0 Å². The standard InChI is InChI=1S/C5H11N.C4H4N2.C3H4N2/c1-2-4-6-5-3-1;1-2-5-4-6-3-1;1-2-5-3-4-1/h6H,1-5H2;1-4H;1-3H,(H,4,5). The van der Waals surface area contributed by atoms with Crippen LogP contribution in [0.4, 0.5) is 0 Å². The van der Waals surface area contributed by atoms with Crippen molar-refractivity contribution >= 4 is 0 Å². The topological polar surface area (TPSA) is 66.5 Å². The summed E-state index contributed by atoms with van der Waals surface area (Å²) >= 11 is 0. The molecule has 2 aromatic rings. The lowest BCUT2D eigenvalue weighted by Crippen LogP contribution is -2.21. The minimum atomic E-state index is 1.25. The van der Waals surface area contributed by atoms with E-state index < -0.39 is 0 Å². The summed E-state index contributed by atoms with van der Waals surface area (Å²) in [6.07, 6.45) is 14.2. The van der Waals surface area contributed by atoms with Crippen molar-refractivity contribution in [2.24, 2.45) is 0 Å². The van der Waals surface area contributed by atoms with Crippen LogP contribution in [-0.4, -0.2) is 33.0 Å². The fraction of sp³-hybridized carbons (Fsp3) is 0.417. The van der Waals surface area contributed by atoms with Gasteiger partial charge in [-0.2, -0.15) is 0 Å². The lowest BCUT2D eigenvalue weighted by molar-refractivity contribution is 0.520. The van der Waals surface area contributed by atoms with Crippen LogP contribution in [0.3, 0.4) is 0 Å². The molecule has 1 saturated heterocycles. The molecule has 0 spiro atoms. The van der Waals surface area contributed by atoms with Crippen LogP contribution in [0.15, 0.2) is 43.5 Å². The van der Waals surface area contributed by atoms with Gasteiger partial charge in [0.05, 0.1) is 6.33 Å². The summed E-state index contributed by atoms with van der Waals surface area (Å²) in [7, 11) is 0. The largest absolute Gasteiger partial charge is 0.351 e. The zero-order chi connectivity index (χ0) is 12.0. The van der Waals surface area contributed by atoms with Crippen molar-refractivity contribution in [3.63, 3.8) is 0 Å². The highest BCUT2D eigenvalue weighted by Gasteiger charge is 1.93. The van der Waals surface area contributed by atoms with E-state index in [-0.39, 0.29) is 0 Å². The molecule has 0 saturated carbocycles. The van der Waals surface area contributed by atoms with Crippen molar-refractivity contribution < 1.29 is 0 Å². The number of nitrogens with zero attached hydrogens (tertiary/aromatic N) is 3.